The van der Waals surface area contributed by atoms with E-state index < -0.39 is 5.82 Å². The second-order valence-corrected chi connectivity index (χ2v) is 5.95. The van der Waals surface area contributed by atoms with E-state index in [1.54, 1.807) is 42.1 Å². The minimum Gasteiger partial charge on any atom is -0.471 e. The average molecular weight is 353 g/mol. The third-order valence-electron chi connectivity index (χ3n) is 4.14. The zero-order chi connectivity index (χ0) is 18.1. The first-order valence-corrected chi connectivity index (χ1v) is 8.16. The Hall–Kier alpha value is -3.29. The van der Waals surface area contributed by atoms with Gasteiger partial charge in [-0.15, -0.1) is 0 Å². The quantitative estimate of drug-likeness (QED) is 0.720. The predicted octanol–water partition coefficient (Wildman–Crippen LogP) is 2.36. The van der Waals surface area contributed by atoms with Gasteiger partial charge in [-0.2, -0.15) is 5.10 Å². The highest BCUT2D eigenvalue weighted by molar-refractivity contribution is 6.05. The monoisotopic (exact) mass is 353 g/mol. The maximum absolute atomic E-state index is 13.4. The van der Waals surface area contributed by atoms with Crippen LogP contribution in [-0.2, 0) is 13.2 Å². The third kappa shape index (κ3) is 3.01. The number of fused-ring (bicyclic) bond motifs is 1. The molecule has 8 heteroatoms. The maximum atomic E-state index is 13.4. The predicted molar refractivity (Wildman–Crippen MR) is 91.4 cm³/mol. The molecule has 0 spiro atoms. The molecule has 1 aliphatic rings. The molecule has 26 heavy (non-hydrogen) atoms. The number of hydrogen-bond donors (Lipinski definition) is 0. The van der Waals surface area contributed by atoms with E-state index in [4.69, 9.17) is 4.74 Å². The van der Waals surface area contributed by atoms with Crippen LogP contribution in [0.4, 0.5) is 10.2 Å². The summed E-state index contributed by atoms with van der Waals surface area (Å²) < 4.78 is 20.7. The molecule has 7 nitrogen and oxygen atoms in total. The van der Waals surface area contributed by atoms with Crippen molar-refractivity contribution in [3.8, 4) is 5.88 Å². The molecule has 0 unspecified atom stereocenters. The first kappa shape index (κ1) is 16.2. The molecule has 0 fully saturated rings. The molecule has 0 aliphatic carbocycles. The fourth-order valence-electron chi connectivity index (χ4n) is 2.79. The summed E-state index contributed by atoms with van der Waals surface area (Å²) in [6.07, 6.45) is 2.78. The molecule has 132 valence electrons. The van der Waals surface area contributed by atoms with Crippen molar-refractivity contribution in [3.05, 3.63) is 65.5 Å². The van der Waals surface area contributed by atoms with Crippen LogP contribution in [0.15, 0.2) is 42.7 Å². The topological polar surface area (TPSA) is 73.1 Å². The largest absolute Gasteiger partial charge is 0.471 e. The van der Waals surface area contributed by atoms with Crippen molar-refractivity contribution in [1.29, 1.82) is 0 Å². The van der Waals surface area contributed by atoms with Gasteiger partial charge in [-0.3, -0.25) is 14.4 Å². The van der Waals surface area contributed by atoms with Gasteiger partial charge < -0.3 is 4.74 Å². The van der Waals surface area contributed by atoms with Crippen molar-refractivity contribution in [2.75, 3.05) is 11.4 Å². The second-order valence-electron chi connectivity index (χ2n) is 5.95. The van der Waals surface area contributed by atoms with E-state index in [-0.39, 0.29) is 12.5 Å². The number of halogens is 1. The lowest BCUT2D eigenvalue weighted by Crippen LogP contribution is -2.41. The van der Waals surface area contributed by atoms with Gasteiger partial charge in [0.15, 0.2) is 0 Å². The normalized spacial score (nSPS) is 13.6. The van der Waals surface area contributed by atoms with Gasteiger partial charge in [0, 0.05) is 18.8 Å². The molecule has 0 radical (unpaired) electrons. The maximum Gasteiger partial charge on any atom is 0.277 e. The van der Waals surface area contributed by atoms with E-state index in [2.05, 4.69) is 15.1 Å². The van der Waals surface area contributed by atoms with Gasteiger partial charge in [0.05, 0.1) is 12.7 Å². The van der Waals surface area contributed by atoms with Crippen LogP contribution in [0.2, 0.25) is 0 Å². The smallest absolute Gasteiger partial charge is 0.277 e. The van der Waals surface area contributed by atoms with E-state index >= 15 is 0 Å². The van der Waals surface area contributed by atoms with Crippen LogP contribution in [0.3, 0.4) is 0 Å². The van der Waals surface area contributed by atoms with Crippen molar-refractivity contribution in [2.45, 2.75) is 20.1 Å². The molecular formula is C18H16FN5O2. The molecule has 1 amide bonds. The van der Waals surface area contributed by atoms with Crippen molar-refractivity contribution in [3.63, 3.8) is 0 Å². The zero-order valence-corrected chi connectivity index (χ0v) is 14.1. The lowest BCUT2D eigenvalue weighted by molar-refractivity contribution is 0.0961. The number of aromatic nitrogens is 4. The Balaban J connectivity index is 1.53. The van der Waals surface area contributed by atoms with Gasteiger partial charge in [0.2, 0.25) is 5.88 Å². The highest BCUT2D eigenvalue weighted by Crippen LogP contribution is 2.22. The number of carbonyl (C=O) groups is 1. The fourth-order valence-corrected chi connectivity index (χ4v) is 2.79. The van der Waals surface area contributed by atoms with Gasteiger partial charge in [-0.1, -0.05) is 6.07 Å². The average Bonchev–Trinajstić information content (AvgIpc) is 3.08. The molecule has 3 aromatic rings. The van der Waals surface area contributed by atoms with E-state index in [0.29, 0.717) is 41.7 Å². The third-order valence-corrected chi connectivity index (χ3v) is 4.14. The van der Waals surface area contributed by atoms with Crippen LogP contribution in [0.1, 0.15) is 21.7 Å². The Bertz CT molecular complexity index is 957. The lowest BCUT2D eigenvalue weighted by atomic mass is 10.2. The van der Waals surface area contributed by atoms with Crippen molar-refractivity contribution in [1.82, 2.24) is 19.7 Å². The molecule has 4 heterocycles. The summed E-state index contributed by atoms with van der Waals surface area (Å²) >= 11 is 0. The highest BCUT2D eigenvalue weighted by Gasteiger charge is 2.28. The Kier molecular flexibility index (Phi) is 4.08. The molecule has 0 N–H and O–H groups in total. The summed E-state index contributed by atoms with van der Waals surface area (Å²) in [6, 6.07) is 8.67. The van der Waals surface area contributed by atoms with Crippen molar-refractivity contribution < 1.29 is 13.9 Å². The van der Waals surface area contributed by atoms with E-state index in [1.807, 2.05) is 6.07 Å². The Morgan fingerprint density at radius 2 is 2.12 bits per heavy atom. The minimum atomic E-state index is -0.391. The first-order valence-electron chi connectivity index (χ1n) is 8.16. The Morgan fingerprint density at radius 1 is 1.23 bits per heavy atom. The SMILES string of the molecule is Cc1cc(N2CCn3nc(COc4ccccn4)cc3C2=O)ncc1F. The second kappa shape index (κ2) is 6.55. The number of hydrogen-bond acceptors (Lipinski definition) is 5. The van der Waals surface area contributed by atoms with Crippen LogP contribution >= 0.6 is 0 Å². The molecule has 0 aromatic carbocycles. The van der Waals surface area contributed by atoms with Gasteiger partial charge in [0.25, 0.3) is 5.91 Å². The van der Waals surface area contributed by atoms with Crippen LogP contribution in [0.5, 0.6) is 5.88 Å². The van der Waals surface area contributed by atoms with Crippen LogP contribution in [0, 0.1) is 12.7 Å². The Morgan fingerprint density at radius 3 is 2.88 bits per heavy atom. The van der Waals surface area contributed by atoms with Crippen molar-refractivity contribution in [2.24, 2.45) is 0 Å². The number of rotatable bonds is 4. The highest BCUT2D eigenvalue weighted by atomic mass is 19.1. The number of anilines is 1. The van der Waals surface area contributed by atoms with Crippen LogP contribution in [0.25, 0.3) is 0 Å². The molecule has 0 atom stereocenters. The first-order chi connectivity index (χ1) is 12.6. The van der Waals surface area contributed by atoms with Gasteiger partial charge in [-0.25, -0.2) is 14.4 Å². The zero-order valence-electron chi connectivity index (χ0n) is 14.1. The van der Waals surface area contributed by atoms with E-state index in [0.717, 1.165) is 6.20 Å². The standard InChI is InChI=1S/C18H16FN5O2/c1-12-8-16(21-10-14(12)19)23-6-7-24-15(18(23)25)9-13(22-24)11-26-17-4-2-3-5-20-17/h2-5,8-10H,6-7,11H2,1H3. The summed E-state index contributed by atoms with van der Waals surface area (Å²) in [6.45, 7) is 2.82. The molecule has 0 saturated heterocycles. The summed E-state index contributed by atoms with van der Waals surface area (Å²) in [5.74, 6) is 0.327. The number of pyridine rings is 2. The molecular weight excluding hydrogens is 337 g/mol. The Labute approximate surface area is 149 Å². The van der Waals surface area contributed by atoms with E-state index in [1.165, 1.54) is 4.90 Å². The van der Waals surface area contributed by atoms with Crippen LogP contribution in [-0.4, -0.2) is 32.2 Å². The minimum absolute atomic E-state index is 0.216. The molecule has 4 rings (SSSR count). The molecule has 3 aromatic heterocycles. The number of carbonyl (C=O) groups excluding carboxylic acids is 1. The van der Waals surface area contributed by atoms with E-state index in [9.17, 15) is 9.18 Å². The summed E-state index contributed by atoms with van der Waals surface area (Å²) in [7, 11) is 0. The number of nitrogens with zero attached hydrogens (tertiary/aromatic N) is 5. The summed E-state index contributed by atoms with van der Waals surface area (Å²) in [4.78, 5) is 22.4. The summed E-state index contributed by atoms with van der Waals surface area (Å²) in [5, 5.41) is 4.41. The number of ether oxygens (including phenoxy) is 1. The molecule has 1 aliphatic heterocycles. The van der Waals surface area contributed by atoms with Gasteiger partial charge in [-0.05, 0) is 30.7 Å². The van der Waals surface area contributed by atoms with Crippen LogP contribution < -0.4 is 9.64 Å². The van der Waals surface area contributed by atoms with Gasteiger partial charge >= 0.3 is 0 Å². The molecule has 0 saturated carbocycles. The van der Waals surface area contributed by atoms with Gasteiger partial charge in [0.1, 0.15) is 29.6 Å². The lowest BCUT2D eigenvalue weighted by Gasteiger charge is -2.26. The summed E-state index contributed by atoms with van der Waals surface area (Å²) in [5.41, 5.74) is 1.55. The number of amides is 1. The number of aryl methyl sites for hydroxylation is 1. The van der Waals surface area contributed by atoms with Crippen molar-refractivity contribution >= 4 is 11.7 Å². The fraction of sp³-hybridized carbons (Fsp3) is 0.222. The molecule has 0 bridgehead atoms.